The van der Waals surface area contributed by atoms with Gasteiger partial charge in [0.05, 0.1) is 6.54 Å². The maximum absolute atomic E-state index is 12.1. The summed E-state index contributed by atoms with van der Waals surface area (Å²) in [5, 5.41) is 5.21. The fourth-order valence-corrected chi connectivity index (χ4v) is 1.91. The molecule has 2 amide bonds. The number of carbonyl (C=O) groups excluding carboxylic acids is 2. The van der Waals surface area contributed by atoms with Gasteiger partial charge in [0.1, 0.15) is 5.75 Å². The van der Waals surface area contributed by atoms with Crippen LogP contribution < -0.4 is 15.4 Å². The number of carbonyl (C=O) groups is 2. The Kier molecular flexibility index (Phi) is 7.50. The fraction of sp³-hybridized carbons (Fsp3) is 0.467. The summed E-state index contributed by atoms with van der Waals surface area (Å²) in [4.78, 5) is 24.1. The molecule has 0 atom stereocenters. The van der Waals surface area contributed by atoms with E-state index in [1.165, 1.54) is 31.2 Å². The minimum Gasteiger partial charge on any atom is -0.406 e. The standard InChI is InChI=1S/C15H20F3N3O3/c1-11(22)19-7-8-20-14(23)10-21(2)9-12-3-5-13(6-4-12)24-15(16,17)18/h3-6H,7-10H2,1-2H3,(H,19,22)(H,20,23). The van der Waals surface area contributed by atoms with Crippen molar-refractivity contribution in [3.05, 3.63) is 29.8 Å². The molecule has 24 heavy (non-hydrogen) atoms. The quantitative estimate of drug-likeness (QED) is 0.695. The van der Waals surface area contributed by atoms with Crippen LogP contribution in [0.5, 0.6) is 5.75 Å². The first-order chi connectivity index (χ1) is 11.2. The van der Waals surface area contributed by atoms with Gasteiger partial charge in [0.2, 0.25) is 11.8 Å². The molecule has 0 heterocycles. The van der Waals surface area contributed by atoms with Crippen molar-refractivity contribution in [2.45, 2.75) is 19.8 Å². The number of amides is 2. The molecule has 9 heteroatoms. The average molecular weight is 347 g/mol. The van der Waals surface area contributed by atoms with Crippen LogP contribution in [-0.4, -0.2) is 49.8 Å². The lowest BCUT2D eigenvalue weighted by atomic mass is 10.2. The second-order valence-electron chi connectivity index (χ2n) is 5.20. The van der Waals surface area contributed by atoms with Crippen LogP contribution in [0.3, 0.4) is 0 Å². The molecule has 1 aromatic rings. The highest BCUT2D eigenvalue weighted by Gasteiger charge is 2.30. The summed E-state index contributed by atoms with van der Waals surface area (Å²) in [6, 6.07) is 5.47. The van der Waals surface area contributed by atoms with E-state index in [2.05, 4.69) is 15.4 Å². The van der Waals surface area contributed by atoms with Gasteiger partial charge in [-0.05, 0) is 24.7 Å². The van der Waals surface area contributed by atoms with E-state index in [1.54, 1.807) is 11.9 Å². The minimum atomic E-state index is -4.71. The molecule has 0 bridgehead atoms. The van der Waals surface area contributed by atoms with Crippen LogP contribution >= 0.6 is 0 Å². The van der Waals surface area contributed by atoms with Crippen molar-refractivity contribution in [1.29, 1.82) is 0 Å². The molecule has 0 saturated carbocycles. The van der Waals surface area contributed by atoms with Gasteiger partial charge >= 0.3 is 6.36 Å². The molecular weight excluding hydrogens is 327 g/mol. The van der Waals surface area contributed by atoms with Crippen LogP contribution in [0.4, 0.5) is 13.2 Å². The van der Waals surface area contributed by atoms with E-state index >= 15 is 0 Å². The van der Waals surface area contributed by atoms with Crippen molar-refractivity contribution >= 4 is 11.8 Å². The Morgan fingerprint density at radius 1 is 1.12 bits per heavy atom. The fourth-order valence-electron chi connectivity index (χ4n) is 1.91. The Morgan fingerprint density at radius 2 is 1.71 bits per heavy atom. The third-order valence-corrected chi connectivity index (χ3v) is 2.84. The first-order valence-corrected chi connectivity index (χ1v) is 7.20. The normalized spacial score (nSPS) is 11.2. The van der Waals surface area contributed by atoms with E-state index in [-0.39, 0.29) is 24.1 Å². The highest BCUT2D eigenvalue weighted by molar-refractivity contribution is 5.78. The average Bonchev–Trinajstić information content (AvgIpc) is 2.44. The Labute approximate surface area is 138 Å². The summed E-state index contributed by atoms with van der Waals surface area (Å²) in [5.74, 6) is -0.663. The lowest BCUT2D eigenvalue weighted by Gasteiger charge is -2.17. The summed E-state index contributed by atoms with van der Waals surface area (Å²) in [7, 11) is 1.72. The molecule has 1 aromatic carbocycles. The van der Waals surface area contributed by atoms with Gasteiger partial charge in [-0.1, -0.05) is 12.1 Å². The first-order valence-electron chi connectivity index (χ1n) is 7.20. The molecule has 0 fully saturated rings. The third kappa shape index (κ3) is 8.99. The maximum atomic E-state index is 12.1. The van der Waals surface area contributed by atoms with Gasteiger partial charge in [-0.2, -0.15) is 0 Å². The summed E-state index contributed by atoms with van der Waals surface area (Å²) in [6.07, 6.45) is -4.71. The summed E-state index contributed by atoms with van der Waals surface area (Å²) >= 11 is 0. The number of halogens is 3. The van der Waals surface area contributed by atoms with Crippen molar-refractivity contribution in [3.63, 3.8) is 0 Å². The van der Waals surface area contributed by atoms with Crippen LogP contribution in [0.15, 0.2) is 24.3 Å². The second kappa shape index (κ2) is 9.11. The van der Waals surface area contributed by atoms with Crippen LogP contribution in [0.25, 0.3) is 0 Å². The third-order valence-electron chi connectivity index (χ3n) is 2.84. The second-order valence-corrected chi connectivity index (χ2v) is 5.20. The SMILES string of the molecule is CC(=O)NCCNC(=O)CN(C)Cc1ccc(OC(F)(F)F)cc1. The highest BCUT2D eigenvalue weighted by Crippen LogP contribution is 2.22. The Balaban J connectivity index is 2.35. The molecule has 1 rings (SSSR count). The zero-order chi connectivity index (χ0) is 18.2. The minimum absolute atomic E-state index is 0.126. The Bertz CT molecular complexity index is 547. The van der Waals surface area contributed by atoms with E-state index in [4.69, 9.17) is 0 Å². The van der Waals surface area contributed by atoms with E-state index in [0.717, 1.165) is 5.56 Å². The van der Waals surface area contributed by atoms with Gasteiger partial charge in [0.15, 0.2) is 0 Å². The Hall–Kier alpha value is -2.29. The van der Waals surface area contributed by atoms with Crippen molar-refractivity contribution in [1.82, 2.24) is 15.5 Å². The van der Waals surface area contributed by atoms with Gasteiger partial charge in [-0.15, -0.1) is 13.2 Å². The molecule has 0 radical (unpaired) electrons. The first kappa shape index (κ1) is 19.8. The van der Waals surface area contributed by atoms with E-state index in [1.807, 2.05) is 0 Å². The molecular formula is C15H20F3N3O3. The number of likely N-dealkylation sites (N-methyl/N-ethyl adjacent to an activating group) is 1. The predicted octanol–water partition coefficient (Wildman–Crippen LogP) is 1.27. The molecule has 0 aliphatic heterocycles. The van der Waals surface area contributed by atoms with Gasteiger partial charge in [-0.3, -0.25) is 14.5 Å². The summed E-state index contributed by atoms with van der Waals surface area (Å²) < 4.78 is 40.0. The van der Waals surface area contributed by atoms with Gasteiger partial charge < -0.3 is 15.4 Å². The van der Waals surface area contributed by atoms with E-state index in [9.17, 15) is 22.8 Å². The molecule has 6 nitrogen and oxygen atoms in total. The van der Waals surface area contributed by atoms with E-state index < -0.39 is 6.36 Å². The highest BCUT2D eigenvalue weighted by atomic mass is 19.4. The zero-order valence-corrected chi connectivity index (χ0v) is 13.4. The Morgan fingerprint density at radius 3 is 2.25 bits per heavy atom. The molecule has 2 N–H and O–H groups in total. The molecule has 0 aromatic heterocycles. The number of benzene rings is 1. The molecule has 0 unspecified atom stereocenters. The van der Waals surface area contributed by atoms with E-state index in [0.29, 0.717) is 19.6 Å². The lowest BCUT2D eigenvalue weighted by molar-refractivity contribution is -0.274. The largest absolute Gasteiger partial charge is 0.573 e. The molecule has 0 spiro atoms. The molecule has 0 saturated heterocycles. The van der Waals surface area contributed by atoms with Crippen molar-refractivity contribution in [2.75, 3.05) is 26.7 Å². The van der Waals surface area contributed by atoms with Gasteiger partial charge in [0, 0.05) is 26.6 Å². The van der Waals surface area contributed by atoms with Crippen LogP contribution in [0, 0.1) is 0 Å². The van der Waals surface area contributed by atoms with Crippen molar-refractivity contribution in [3.8, 4) is 5.75 Å². The monoisotopic (exact) mass is 347 g/mol. The smallest absolute Gasteiger partial charge is 0.406 e. The number of alkyl halides is 3. The van der Waals surface area contributed by atoms with Crippen LogP contribution in [0.1, 0.15) is 12.5 Å². The number of nitrogens with zero attached hydrogens (tertiary/aromatic N) is 1. The lowest BCUT2D eigenvalue weighted by Crippen LogP contribution is -2.38. The van der Waals surface area contributed by atoms with Gasteiger partial charge in [0.25, 0.3) is 0 Å². The van der Waals surface area contributed by atoms with Crippen molar-refractivity contribution < 1.29 is 27.5 Å². The molecule has 0 aliphatic carbocycles. The number of hydrogen-bond donors (Lipinski definition) is 2. The zero-order valence-electron chi connectivity index (χ0n) is 13.4. The molecule has 0 aliphatic rings. The van der Waals surface area contributed by atoms with Gasteiger partial charge in [-0.25, -0.2) is 0 Å². The maximum Gasteiger partial charge on any atom is 0.573 e. The van der Waals surface area contributed by atoms with Crippen molar-refractivity contribution in [2.24, 2.45) is 0 Å². The number of rotatable bonds is 8. The summed E-state index contributed by atoms with van der Waals surface area (Å²) in [6.45, 7) is 2.59. The topological polar surface area (TPSA) is 70.7 Å². The molecule has 134 valence electrons. The number of ether oxygens (including phenoxy) is 1. The van der Waals surface area contributed by atoms with Crippen LogP contribution in [-0.2, 0) is 16.1 Å². The van der Waals surface area contributed by atoms with Crippen LogP contribution in [0.2, 0.25) is 0 Å². The summed E-state index contributed by atoms with van der Waals surface area (Å²) in [5.41, 5.74) is 0.748. The number of nitrogens with one attached hydrogen (secondary N) is 2. The predicted molar refractivity (Wildman–Crippen MR) is 81.2 cm³/mol. The number of hydrogen-bond acceptors (Lipinski definition) is 4.